The Morgan fingerprint density at radius 1 is 1.26 bits per heavy atom. The SMILES string of the molecule is C=CC(=O)N1CCCc2cc(C(=O)N3CCC(Oc4ccnc(CN(C)C(C)C)c4)C3)ccc21. The summed E-state index contributed by atoms with van der Waals surface area (Å²) in [5, 5.41) is 0. The van der Waals surface area contributed by atoms with Crippen molar-refractivity contribution in [1.82, 2.24) is 14.8 Å². The van der Waals surface area contributed by atoms with Crippen molar-refractivity contribution in [3.05, 3.63) is 66.0 Å². The maximum atomic E-state index is 13.2. The summed E-state index contributed by atoms with van der Waals surface area (Å²) in [5.74, 6) is 0.701. The number of carbonyl (C=O) groups excluding carboxylic acids is 2. The Hall–Kier alpha value is -3.19. The predicted octanol–water partition coefficient (Wildman–Crippen LogP) is 3.68. The topological polar surface area (TPSA) is 66.0 Å². The number of nitrogens with zero attached hydrogens (tertiary/aromatic N) is 4. The van der Waals surface area contributed by atoms with Gasteiger partial charge in [-0.15, -0.1) is 0 Å². The van der Waals surface area contributed by atoms with Crippen molar-refractivity contribution in [3.63, 3.8) is 0 Å². The van der Waals surface area contributed by atoms with Crippen LogP contribution in [0, 0.1) is 0 Å². The third-order valence-corrected chi connectivity index (χ3v) is 6.70. The average molecular weight is 463 g/mol. The molecule has 1 aromatic heterocycles. The summed E-state index contributed by atoms with van der Waals surface area (Å²) < 4.78 is 6.21. The van der Waals surface area contributed by atoms with Gasteiger partial charge in [-0.25, -0.2) is 0 Å². The van der Waals surface area contributed by atoms with Crippen LogP contribution in [0.3, 0.4) is 0 Å². The van der Waals surface area contributed by atoms with Crippen LogP contribution in [0.25, 0.3) is 0 Å². The van der Waals surface area contributed by atoms with Crippen LogP contribution in [0.4, 0.5) is 5.69 Å². The van der Waals surface area contributed by atoms with Gasteiger partial charge in [0.25, 0.3) is 5.91 Å². The lowest BCUT2D eigenvalue weighted by Gasteiger charge is -2.29. The van der Waals surface area contributed by atoms with Crippen LogP contribution < -0.4 is 9.64 Å². The number of aryl methyl sites for hydroxylation is 1. The van der Waals surface area contributed by atoms with E-state index >= 15 is 0 Å². The fourth-order valence-corrected chi connectivity index (χ4v) is 4.51. The van der Waals surface area contributed by atoms with Crippen LogP contribution in [0.5, 0.6) is 5.75 Å². The second kappa shape index (κ2) is 10.4. The first kappa shape index (κ1) is 24.0. The summed E-state index contributed by atoms with van der Waals surface area (Å²) in [6, 6.07) is 9.96. The Bertz CT molecular complexity index is 1070. The minimum absolute atomic E-state index is 0.00930. The van der Waals surface area contributed by atoms with Gasteiger partial charge in [0.05, 0.1) is 12.2 Å². The van der Waals surface area contributed by atoms with Gasteiger partial charge in [0, 0.05) is 55.6 Å². The Kier molecular flexibility index (Phi) is 7.32. The Morgan fingerprint density at radius 3 is 2.85 bits per heavy atom. The maximum Gasteiger partial charge on any atom is 0.253 e. The molecule has 4 rings (SSSR count). The average Bonchev–Trinajstić information content (AvgIpc) is 3.30. The van der Waals surface area contributed by atoms with Crippen molar-refractivity contribution in [2.75, 3.05) is 31.6 Å². The molecule has 0 saturated carbocycles. The molecule has 1 atom stereocenters. The lowest BCUT2D eigenvalue weighted by atomic mass is 9.98. The van der Waals surface area contributed by atoms with Crippen LogP contribution in [0.1, 0.15) is 48.3 Å². The summed E-state index contributed by atoms with van der Waals surface area (Å²) in [4.78, 5) is 35.6. The van der Waals surface area contributed by atoms with E-state index in [9.17, 15) is 9.59 Å². The van der Waals surface area contributed by atoms with Crippen molar-refractivity contribution in [2.45, 2.75) is 51.8 Å². The first-order chi connectivity index (χ1) is 16.4. The van der Waals surface area contributed by atoms with E-state index in [0.717, 1.165) is 48.5 Å². The maximum absolute atomic E-state index is 13.2. The quantitative estimate of drug-likeness (QED) is 0.588. The molecule has 7 heteroatoms. The van der Waals surface area contributed by atoms with Crippen LogP contribution in [0.2, 0.25) is 0 Å². The minimum atomic E-state index is -0.102. The number of benzene rings is 1. The highest BCUT2D eigenvalue weighted by Gasteiger charge is 2.29. The Labute approximate surface area is 202 Å². The number of fused-ring (bicyclic) bond motifs is 1. The summed E-state index contributed by atoms with van der Waals surface area (Å²) in [5.41, 5.74) is 3.55. The van der Waals surface area contributed by atoms with Crippen LogP contribution in [-0.2, 0) is 17.8 Å². The van der Waals surface area contributed by atoms with Gasteiger partial charge < -0.3 is 14.5 Å². The predicted molar refractivity (Wildman–Crippen MR) is 133 cm³/mol. The molecule has 0 aliphatic carbocycles. The molecule has 7 nitrogen and oxygen atoms in total. The number of amides is 2. The molecule has 1 unspecified atom stereocenters. The fraction of sp³-hybridized carbons (Fsp3) is 0.444. The number of hydrogen-bond acceptors (Lipinski definition) is 5. The number of aromatic nitrogens is 1. The molecule has 1 aromatic carbocycles. The van der Waals surface area contributed by atoms with Gasteiger partial charge in [0.15, 0.2) is 0 Å². The molecule has 0 radical (unpaired) electrons. The normalized spacial score (nSPS) is 17.7. The van der Waals surface area contributed by atoms with Crippen molar-refractivity contribution in [2.24, 2.45) is 0 Å². The van der Waals surface area contributed by atoms with Gasteiger partial charge in [0.2, 0.25) is 5.91 Å². The zero-order valence-electron chi connectivity index (χ0n) is 20.4. The van der Waals surface area contributed by atoms with Gasteiger partial charge in [-0.3, -0.25) is 19.5 Å². The molecule has 2 aliphatic rings. The van der Waals surface area contributed by atoms with Crippen LogP contribution >= 0.6 is 0 Å². The van der Waals surface area contributed by atoms with E-state index in [2.05, 4.69) is 37.4 Å². The molecule has 0 spiro atoms. The number of hydrogen-bond donors (Lipinski definition) is 0. The second-order valence-corrected chi connectivity index (χ2v) is 9.41. The number of anilines is 1. The molecule has 0 N–H and O–H groups in total. The number of pyridine rings is 1. The Balaban J connectivity index is 1.39. The zero-order chi connectivity index (χ0) is 24.2. The van der Waals surface area contributed by atoms with Crippen molar-refractivity contribution in [3.8, 4) is 5.75 Å². The van der Waals surface area contributed by atoms with E-state index in [-0.39, 0.29) is 17.9 Å². The van der Waals surface area contributed by atoms with E-state index in [4.69, 9.17) is 4.74 Å². The van der Waals surface area contributed by atoms with E-state index < -0.39 is 0 Å². The monoisotopic (exact) mass is 462 g/mol. The van der Waals surface area contributed by atoms with Crippen molar-refractivity contribution < 1.29 is 14.3 Å². The summed E-state index contributed by atoms with van der Waals surface area (Å²) in [6.45, 7) is 10.6. The largest absolute Gasteiger partial charge is 0.488 e. The highest BCUT2D eigenvalue weighted by atomic mass is 16.5. The molecule has 2 aromatic rings. The second-order valence-electron chi connectivity index (χ2n) is 9.41. The highest BCUT2D eigenvalue weighted by Crippen LogP contribution is 2.29. The lowest BCUT2D eigenvalue weighted by molar-refractivity contribution is -0.114. The molecule has 3 heterocycles. The molecule has 2 amide bonds. The van der Waals surface area contributed by atoms with Gasteiger partial charge in [-0.1, -0.05) is 6.58 Å². The van der Waals surface area contributed by atoms with E-state index in [1.165, 1.54) is 6.08 Å². The molecule has 180 valence electrons. The fourth-order valence-electron chi connectivity index (χ4n) is 4.51. The van der Waals surface area contributed by atoms with Crippen LogP contribution in [-0.4, -0.2) is 65.4 Å². The number of carbonyl (C=O) groups is 2. The standard InChI is InChI=1S/C27H34N4O3/c1-5-26(32)31-13-6-7-20-15-21(8-9-25(20)31)27(33)30-14-11-24(18-30)34-23-10-12-28-22(16-23)17-29(4)19(2)3/h5,8-10,12,15-16,19,24H,1,6-7,11,13-14,17-18H2,2-4H3. The van der Waals surface area contributed by atoms with E-state index in [1.54, 1.807) is 11.1 Å². The molecule has 1 saturated heterocycles. The molecule has 1 fully saturated rings. The lowest BCUT2D eigenvalue weighted by Crippen LogP contribution is -2.34. The van der Waals surface area contributed by atoms with Gasteiger partial charge in [-0.2, -0.15) is 0 Å². The summed E-state index contributed by atoms with van der Waals surface area (Å²) in [6.07, 6.45) is 5.61. The van der Waals surface area contributed by atoms with Gasteiger partial charge >= 0.3 is 0 Å². The highest BCUT2D eigenvalue weighted by molar-refractivity contribution is 6.02. The number of rotatable bonds is 7. The molecular formula is C27H34N4O3. The summed E-state index contributed by atoms with van der Waals surface area (Å²) >= 11 is 0. The molecular weight excluding hydrogens is 428 g/mol. The molecule has 34 heavy (non-hydrogen) atoms. The van der Waals surface area contributed by atoms with Crippen LogP contribution in [0.15, 0.2) is 49.2 Å². The third-order valence-electron chi connectivity index (χ3n) is 6.70. The smallest absolute Gasteiger partial charge is 0.253 e. The van der Waals surface area contributed by atoms with Crippen molar-refractivity contribution in [1.29, 1.82) is 0 Å². The first-order valence-electron chi connectivity index (χ1n) is 12.0. The van der Waals surface area contributed by atoms with E-state index in [1.807, 2.05) is 35.2 Å². The van der Waals surface area contributed by atoms with E-state index in [0.29, 0.717) is 31.2 Å². The molecule has 2 aliphatic heterocycles. The van der Waals surface area contributed by atoms with Crippen molar-refractivity contribution >= 4 is 17.5 Å². The summed E-state index contributed by atoms with van der Waals surface area (Å²) in [7, 11) is 2.08. The zero-order valence-corrected chi connectivity index (χ0v) is 20.4. The van der Waals surface area contributed by atoms with Gasteiger partial charge in [-0.05, 0) is 69.6 Å². The number of ether oxygens (including phenoxy) is 1. The first-order valence-corrected chi connectivity index (χ1v) is 12.0. The Morgan fingerprint density at radius 2 is 2.09 bits per heavy atom. The number of likely N-dealkylation sites (tertiary alicyclic amines) is 1. The molecule has 0 bridgehead atoms. The minimum Gasteiger partial charge on any atom is -0.488 e. The van der Waals surface area contributed by atoms with Gasteiger partial charge in [0.1, 0.15) is 11.9 Å². The third kappa shape index (κ3) is 5.30.